The third kappa shape index (κ3) is 3.52. The van der Waals surface area contributed by atoms with Crippen molar-refractivity contribution in [3.8, 4) is 5.75 Å². The van der Waals surface area contributed by atoms with E-state index in [0.717, 1.165) is 12.5 Å². The maximum absolute atomic E-state index is 12.7. The summed E-state index contributed by atoms with van der Waals surface area (Å²) in [5.74, 6) is 0.560. The highest BCUT2D eigenvalue weighted by Gasteiger charge is 2.31. The third-order valence-electron chi connectivity index (χ3n) is 3.14. The molecule has 4 heteroatoms. The van der Waals surface area contributed by atoms with Crippen molar-refractivity contribution < 1.29 is 17.9 Å². The largest absolute Gasteiger partial charge is 0.492 e. The van der Waals surface area contributed by atoms with E-state index in [1.54, 1.807) is 0 Å². The van der Waals surface area contributed by atoms with E-state index in [2.05, 4.69) is 6.08 Å². The number of halogens is 3. The van der Waals surface area contributed by atoms with Gasteiger partial charge in [0.25, 0.3) is 0 Å². The van der Waals surface area contributed by atoms with Crippen LogP contribution in [0.1, 0.15) is 31.4 Å². The number of aryl methyl sites for hydroxylation is 1. The van der Waals surface area contributed by atoms with Crippen LogP contribution in [0.5, 0.6) is 5.75 Å². The molecule has 0 amide bonds. The zero-order chi connectivity index (χ0) is 14.1. The predicted molar refractivity (Wildman–Crippen MR) is 68.2 cm³/mol. The maximum atomic E-state index is 12.7. The Labute approximate surface area is 111 Å². The van der Waals surface area contributed by atoms with Crippen molar-refractivity contribution in [1.29, 1.82) is 0 Å². The molecule has 2 rings (SSSR count). The molecule has 0 saturated heterocycles. The first kappa shape index (κ1) is 14.0. The molecule has 0 atom stereocenters. The van der Waals surface area contributed by atoms with E-state index in [9.17, 15) is 13.2 Å². The quantitative estimate of drug-likeness (QED) is 0.625. The summed E-state index contributed by atoms with van der Waals surface area (Å²) in [6.45, 7) is 4.54. The lowest BCUT2D eigenvalue weighted by atomic mass is 9.94. The van der Waals surface area contributed by atoms with E-state index in [1.165, 1.54) is 12.1 Å². The molecule has 0 spiro atoms. The molecule has 1 aromatic carbocycles. The van der Waals surface area contributed by atoms with Gasteiger partial charge in [-0.25, -0.2) is 0 Å². The minimum absolute atomic E-state index is 0.107. The SMILES string of the molecule is CC1(C)/C=C\CCc2cc(C(F)(F)F)ccc2OC1. The summed E-state index contributed by atoms with van der Waals surface area (Å²) in [7, 11) is 0. The number of fused-ring (bicyclic) bond motifs is 1. The Morgan fingerprint density at radius 2 is 1.95 bits per heavy atom. The average molecular weight is 270 g/mol. The van der Waals surface area contributed by atoms with Gasteiger partial charge in [-0.1, -0.05) is 26.0 Å². The highest BCUT2D eigenvalue weighted by molar-refractivity contribution is 5.39. The monoisotopic (exact) mass is 270 g/mol. The molecule has 0 saturated carbocycles. The van der Waals surface area contributed by atoms with Crippen molar-refractivity contribution >= 4 is 0 Å². The van der Waals surface area contributed by atoms with Crippen molar-refractivity contribution in [1.82, 2.24) is 0 Å². The molecular weight excluding hydrogens is 253 g/mol. The fourth-order valence-electron chi connectivity index (χ4n) is 2.05. The summed E-state index contributed by atoms with van der Waals surface area (Å²) < 4.78 is 43.7. The number of hydrogen-bond acceptors (Lipinski definition) is 1. The Hall–Kier alpha value is -1.45. The van der Waals surface area contributed by atoms with Crippen LogP contribution in [-0.4, -0.2) is 6.61 Å². The Morgan fingerprint density at radius 1 is 1.21 bits per heavy atom. The van der Waals surface area contributed by atoms with Crippen molar-refractivity contribution in [3.63, 3.8) is 0 Å². The minimum Gasteiger partial charge on any atom is -0.492 e. The fraction of sp³-hybridized carbons (Fsp3) is 0.467. The molecule has 0 unspecified atom stereocenters. The Morgan fingerprint density at radius 3 is 2.63 bits per heavy atom. The molecule has 1 heterocycles. The molecule has 0 aromatic heterocycles. The summed E-state index contributed by atoms with van der Waals surface area (Å²) in [6, 6.07) is 3.71. The highest BCUT2D eigenvalue weighted by atomic mass is 19.4. The van der Waals surface area contributed by atoms with Crippen molar-refractivity contribution in [2.24, 2.45) is 5.41 Å². The van der Waals surface area contributed by atoms with Crippen LogP contribution in [-0.2, 0) is 12.6 Å². The van der Waals surface area contributed by atoms with Gasteiger partial charge in [-0.3, -0.25) is 0 Å². The second kappa shape index (κ2) is 4.91. The summed E-state index contributed by atoms with van der Waals surface area (Å²) in [6.07, 6.45) is 1.05. The van der Waals surface area contributed by atoms with Gasteiger partial charge in [-0.05, 0) is 36.6 Å². The fourth-order valence-corrected chi connectivity index (χ4v) is 2.05. The van der Waals surface area contributed by atoms with Crippen LogP contribution in [0.15, 0.2) is 30.4 Å². The second-order valence-corrected chi connectivity index (χ2v) is 5.54. The Bertz CT molecular complexity index is 487. The Balaban J connectivity index is 2.32. The summed E-state index contributed by atoms with van der Waals surface area (Å²) in [4.78, 5) is 0. The van der Waals surface area contributed by atoms with E-state index >= 15 is 0 Å². The summed E-state index contributed by atoms with van der Waals surface area (Å²) >= 11 is 0. The van der Waals surface area contributed by atoms with Crippen LogP contribution >= 0.6 is 0 Å². The van der Waals surface area contributed by atoms with E-state index in [4.69, 9.17) is 4.74 Å². The zero-order valence-electron chi connectivity index (χ0n) is 11.1. The van der Waals surface area contributed by atoms with Gasteiger partial charge in [0.2, 0.25) is 0 Å². The van der Waals surface area contributed by atoms with E-state index in [1.807, 2.05) is 19.9 Å². The number of benzene rings is 1. The molecule has 0 radical (unpaired) electrons. The van der Waals surface area contributed by atoms with Crippen LogP contribution in [0.2, 0.25) is 0 Å². The van der Waals surface area contributed by atoms with Gasteiger partial charge in [-0.15, -0.1) is 0 Å². The smallest absolute Gasteiger partial charge is 0.416 e. The normalized spacial score (nSPS) is 20.5. The molecular formula is C15H17F3O. The number of allylic oxidation sites excluding steroid dienone is 1. The number of ether oxygens (including phenoxy) is 1. The second-order valence-electron chi connectivity index (χ2n) is 5.54. The van der Waals surface area contributed by atoms with E-state index < -0.39 is 11.7 Å². The van der Waals surface area contributed by atoms with Gasteiger partial charge < -0.3 is 4.74 Å². The first-order valence-electron chi connectivity index (χ1n) is 6.29. The lowest BCUT2D eigenvalue weighted by Gasteiger charge is -2.21. The van der Waals surface area contributed by atoms with Gasteiger partial charge in [-0.2, -0.15) is 13.2 Å². The Kier molecular flexibility index (Phi) is 3.61. The molecule has 0 bridgehead atoms. The van der Waals surface area contributed by atoms with Crippen LogP contribution in [0.4, 0.5) is 13.2 Å². The van der Waals surface area contributed by atoms with Crippen molar-refractivity contribution in [3.05, 3.63) is 41.5 Å². The lowest BCUT2D eigenvalue weighted by molar-refractivity contribution is -0.137. The van der Waals surface area contributed by atoms with E-state index in [0.29, 0.717) is 24.3 Å². The number of hydrogen-bond donors (Lipinski definition) is 0. The topological polar surface area (TPSA) is 9.23 Å². The van der Waals surface area contributed by atoms with E-state index in [-0.39, 0.29) is 5.41 Å². The maximum Gasteiger partial charge on any atom is 0.416 e. The van der Waals surface area contributed by atoms with Crippen molar-refractivity contribution in [2.75, 3.05) is 6.61 Å². The number of alkyl halides is 3. The lowest BCUT2D eigenvalue weighted by Crippen LogP contribution is -2.18. The van der Waals surface area contributed by atoms with Crippen LogP contribution in [0.3, 0.4) is 0 Å². The average Bonchev–Trinajstić information content (AvgIpc) is 2.37. The first-order chi connectivity index (χ1) is 8.78. The number of rotatable bonds is 0. The first-order valence-corrected chi connectivity index (χ1v) is 6.29. The van der Waals surface area contributed by atoms with Gasteiger partial charge in [0, 0.05) is 5.41 Å². The summed E-state index contributed by atoms with van der Waals surface area (Å²) in [5, 5.41) is 0. The van der Waals surface area contributed by atoms with Crippen LogP contribution in [0.25, 0.3) is 0 Å². The molecule has 0 aliphatic carbocycles. The highest BCUT2D eigenvalue weighted by Crippen LogP contribution is 2.34. The molecule has 1 nitrogen and oxygen atoms in total. The van der Waals surface area contributed by atoms with Gasteiger partial charge in [0.15, 0.2) is 0 Å². The van der Waals surface area contributed by atoms with Gasteiger partial charge in [0.05, 0.1) is 12.2 Å². The third-order valence-corrected chi connectivity index (χ3v) is 3.14. The molecule has 1 aromatic rings. The van der Waals surface area contributed by atoms with Crippen LogP contribution < -0.4 is 4.74 Å². The molecule has 104 valence electrons. The predicted octanol–water partition coefficient (Wildman–Crippen LogP) is 4.61. The molecule has 1 aliphatic heterocycles. The van der Waals surface area contributed by atoms with Crippen LogP contribution in [0, 0.1) is 5.41 Å². The standard InChI is InChI=1S/C15H17F3O/c1-14(2)8-4-3-5-11-9-12(15(16,17)18)6-7-13(11)19-10-14/h4,6-9H,3,5,10H2,1-2H3/b8-4-. The zero-order valence-corrected chi connectivity index (χ0v) is 11.1. The van der Waals surface area contributed by atoms with Crippen molar-refractivity contribution in [2.45, 2.75) is 32.9 Å². The molecule has 0 fully saturated rings. The molecule has 1 aliphatic rings. The molecule has 0 N–H and O–H groups in total. The summed E-state index contributed by atoms with van der Waals surface area (Å²) in [5.41, 5.74) is -0.0980. The minimum atomic E-state index is -4.30. The van der Waals surface area contributed by atoms with Gasteiger partial charge in [0.1, 0.15) is 5.75 Å². The van der Waals surface area contributed by atoms with Gasteiger partial charge >= 0.3 is 6.18 Å². The molecule has 19 heavy (non-hydrogen) atoms.